The summed E-state index contributed by atoms with van der Waals surface area (Å²) in [6.45, 7) is 3.58. The van der Waals surface area contributed by atoms with E-state index in [1.165, 1.54) is 18.5 Å². The summed E-state index contributed by atoms with van der Waals surface area (Å²) in [5.41, 5.74) is -0.0216. The van der Waals surface area contributed by atoms with Crippen molar-refractivity contribution in [3.05, 3.63) is 47.6 Å². The van der Waals surface area contributed by atoms with Gasteiger partial charge in [0.2, 0.25) is 12.3 Å². The van der Waals surface area contributed by atoms with Crippen LogP contribution in [0.4, 0.5) is 13.2 Å². The average molecular weight is 341 g/mol. The normalized spacial score (nSPS) is 14.2. The Labute approximate surface area is 137 Å². The predicted octanol–water partition coefficient (Wildman–Crippen LogP) is 3.53. The zero-order valence-corrected chi connectivity index (χ0v) is 13.3. The van der Waals surface area contributed by atoms with Crippen LogP contribution in [0.25, 0.3) is 0 Å². The Kier molecular flexibility index (Phi) is 5.58. The minimum atomic E-state index is -4.36. The van der Waals surface area contributed by atoms with Crippen LogP contribution < -0.4 is 5.32 Å². The molecule has 0 spiro atoms. The number of hydrogen-bond donors (Lipinski definition) is 1. The molecule has 0 aliphatic rings. The summed E-state index contributed by atoms with van der Waals surface area (Å²) in [7, 11) is 0. The number of carbonyl (C=O) groups is 1. The Morgan fingerprint density at radius 3 is 2.46 bits per heavy atom. The molecule has 0 bridgehead atoms. The first-order valence-corrected chi connectivity index (χ1v) is 7.54. The number of amides is 1. The molecule has 0 radical (unpaired) electrons. The summed E-state index contributed by atoms with van der Waals surface area (Å²) in [6, 6.07) is 4.46. The highest BCUT2D eigenvalue weighted by Crippen LogP contribution is 2.29. The fourth-order valence-electron chi connectivity index (χ4n) is 2.30. The van der Waals surface area contributed by atoms with Crippen molar-refractivity contribution in [1.29, 1.82) is 0 Å². The molecule has 2 atom stereocenters. The summed E-state index contributed by atoms with van der Waals surface area (Å²) in [4.78, 5) is 16.2. The van der Waals surface area contributed by atoms with E-state index >= 15 is 0 Å². The molecule has 1 heterocycles. The molecule has 0 fully saturated rings. The zero-order valence-electron chi connectivity index (χ0n) is 13.3. The molecular weight excluding hydrogens is 323 g/mol. The SMILES string of the molecule is CC[C@@H](Cc1ccc(C(F)(F)F)cc1)C(=O)N[C@@H](C)c1ncon1. The quantitative estimate of drug-likeness (QED) is 0.873. The van der Waals surface area contributed by atoms with Crippen LogP contribution in [0.15, 0.2) is 35.2 Å². The molecule has 1 aromatic carbocycles. The van der Waals surface area contributed by atoms with E-state index in [4.69, 9.17) is 0 Å². The Bertz CT molecular complexity index is 654. The molecule has 0 aliphatic carbocycles. The Morgan fingerprint density at radius 2 is 1.96 bits per heavy atom. The molecule has 0 aliphatic heterocycles. The summed E-state index contributed by atoms with van der Waals surface area (Å²) in [6.07, 6.45) is -2.26. The van der Waals surface area contributed by atoms with Crippen molar-refractivity contribution < 1.29 is 22.5 Å². The van der Waals surface area contributed by atoms with Gasteiger partial charge in [-0.1, -0.05) is 24.2 Å². The van der Waals surface area contributed by atoms with Gasteiger partial charge in [-0.15, -0.1) is 0 Å². The van der Waals surface area contributed by atoms with Crippen LogP contribution in [-0.2, 0) is 17.4 Å². The molecule has 130 valence electrons. The number of carbonyl (C=O) groups excluding carboxylic acids is 1. The van der Waals surface area contributed by atoms with Crippen molar-refractivity contribution in [2.75, 3.05) is 0 Å². The first-order chi connectivity index (χ1) is 11.3. The van der Waals surface area contributed by atoms with Gasteiger partial charge < -0.3 is 9.84 Å². The zero-order chi connectivity index (χ0) is 17.7. The van der Waals surface area contributed by atoms with Gasteiger partial charge in [0.15, 0.2) is 5.82 Å². The van der Waals surface area contributed by atoms with Gasteiger partial charge in [0.25, 0.3) is 0 Å². The number of alkyl halides is 3. The Balaban J connectivity index is 1.99. The minimum Gasteiger partial charge on any atom is -0.346 e. The Hall–Kier alpha value is -2.38. The van der Waals surface area contributed by atoms with Gasteiger partial charge in [0.1, 0.15) is 0 Å². The molecule has 1 amide bonds. The standard InChI is InChI=1S/C16H18F3N3O2/c1-3-12(15(23)21-10(2)14-20-9-24-22-14)8-11-4-6-13(7-5-11)16(17,18)19/h4-7,9-10,12H,3,8H2,1-2H3,(H,21,23)/t10-,12-/m0/s1. The van der Waals surface area contributed by atoms with E-state index < -0.39 is 17.8 Å². The molecule has 5 nitrogen and oxygen atoms in total. The highest BCUT2D eigenvalue weighted by atomic mass is 19.4. The van der Waals surface area contributed by atoms with E-state index in [9.17, 15) is 18.0 Å². The van der Waals surface area contributed by atoms with Crippen LogP contribution in [0.2, 0.25) is 0 Å². The number of aromatic nitrogens is 2. The predicted molar refractivity (Wildman–Crippen MR) is 79.8 cm³/mol. The van der Waals surface area contributed by atoms with Crippen molar-refractivity contribution in [2.45, 2.75) is 38.9 Å². The lowest BCUT2D eigenvalue weighted by Gasteiger charge is -2.18. The van der Waals surface area contributed by atoms with Gasteiger partial charge in [-0.3, -0.25) is 4.79 Å². The molecule has 24 heavy (non-hydrogen) atoms. The second kappa shape index (κ2) is 7.46. The van der Waals surface area contributed by atoms with Crippen LogP contribution in [0.3, 0.4) is 0 Å². The van der Waals surface area contributed by atoms with Crippen molar-refractivity contribution in [1.82, 2.24) is 15.5 Å². The summed E-state index contributed by atoms with van der Waals surface area (Å²) in [5.74, 6) is -0.182. The van der Waals surface area contributed by atoms with E-state index in [-0.39, 0.29) is 11.8 Å². The average Bonchev–Trinajstić information content (AvgIpc) is 3.06. The van der Waals surface area contributed by atoms with Gasteiger partial charge in [-0.25, -0.2) is 0 Å². The number of nitrogens with zero attached hydrogens (tertiary/aromatic N) is 2. The maximum atomic E-state index is 12.6. The van der Waals surface area contributed by atoms with Crippen LogP contribution in [0.1, 0.15) is 43.3 Å². The Morgan fingerprint density at radius 1 is 1.29 bits per heavy atom. The van der Waals surface area contributed by atoms with E-state index in [0.717, 1.165) is 12.1 Å². The second-order valence-corrected chi connectivity index (χ2v) is 5.52. The number of hydrogen-bond acceptors (Lipinski definition) is 4. The highest BCUT2D eigenvalue weighted by Gasteiger charge is 2.30. The molecule has 1 N–H and O–H groups in total. The summed E-state index contributed by atoms with van der Waals surface area (Å²) in [5, 5.41) is 6.45. The number of nitrogens with one attached hydrogen (secondary N) is 1. The lowest BCUT2D eigenvalue weighted by atomic mass is 9.95. The lowest BCUT2D eigenvalue weighted by Crippen LogP contribution is -2.34. The number of benzene rings is 1. The fourth-order valence-corrected chi connectivity index (χ4v) is 2.30. The third kappa shape index (κ3) is 4.56. The van der Waals surface area contributed by atoms with Gasteiger partial charge >= 0.3 is 6.18 Å². The highest BCUT2D eigenvalue weighted by molar-refractivity contribution is 5.79. The molecule has 0 unspecified atom stereocenters. The van der Waals surface area contributed by atoms with Crippen molar-refractivity contribution in [3.8, 4) is 0 Å². The monoisotopic (exact) mass is 341 g/mol. The van der Waals surface area contributed by atoms with Gasteiger partial charge in [-0.2, -0.15) is 18.2 Å². The third-order valence-electron chi connectivity index (χ3n) is 3.75. The van der Waals surface area contributed by atoms with Crippen LogP contribution in [0.5, 0.6) is 0 Å². The maximum Gasteiger partial charge on any atom is 0.416 e. The topological polar surface area (TPSA) is 68.0 Å². The molecule has 0 saturated carbocycles. The lowest BCUT2D eigenvalue weighted by molar-refractivity contribution is -0.137. The van der Waals surface area contributed by atoms with Crippen LogP contribution in [-0.4, -0.2) is 16.0 Å². The summed E-state index contributed by atoms with van der Waals surface area (Å²) >= 11 is 0. The first-order valence-electron chi connectivity index (χ1n) is 7.54. The molecule has 2 aromatic rings. The van der Waals surface area contributed by atoms with E-state index in [1.54, 1.807) is 6.92 Å². The molecule has 0 saturated heterocycles. The van der Waals surface area contributed by atoms with Crippen LogP contribution >= 0.6 is 0 Å². The van der Waals surface area contributed by atoms with Crippen molar-refractivity contribution in [3.63, 3.8) is 0 Å². The molecule has 8 heteroatoms. The largest absolute Gasteiger partial charge is 0.416 e. The smallest absolute Gasteiger partial charge is 0.346 e. The van der Waals surface area contributed by atoms with Gasteiger partial charge in [-0.05, 0) is 37.5 Å². The second-order valence-electron chi connectivity index (χ2n) is 5.52. The van der Waals surface area contributed by atoms with Crippen molar-refractivity contribution >= 4 is 5.91 Å². The van der Waals surface area contributed by atoms with E-state index in [1.807, 2.05) is 6.92 Å². The third-order valence-corrected chi connectivity index (χ3v) is 3.75. The molecule has 1 aromatic heterocycles. The van der Waals surface area contributed by atoms with E-state index in [0.29, 0.717) is 24.2 Å². The maximum absolute atomic E-state index is 12.6. The molecule has 2 rings (SSSR count). The minimum absolute atomic E-state index is 0.199. The fraction of sp³-hybridized carbons (Fsp3) is 0.438. The number of halogens is 3. The summed E-state index contributed by atoms with van der Waals surface area (Å²) < 4.78 is 42.3. The number of rotatable bonds is 6. The van der Waals surface area contributed by atoms with Gasteiger partial charge in [0, 0.05) is 5.92 Å². The van der Waals surface area contributed by atoms with Crippen molar-refractivity contribution in [2.24, 2.45) is 5.92 Å². The van der Waals surface area contributed by atoms with Gasteiger partial charge in [0.05, 0.1) is 11.6 Å². The first kappa shape index (κ1) is 18.0. The van der Waals surface area contributed by atoms with E-state index in [2.05, 4.69) is 20.0 Å². The molecular formula is C16H18F3N3O2. The van der Waals surface area contributed by atoms with Crippen LogP contribution in [0, 0.1) is 5.92 Å².